The van der Waals surface area contributed by atoms with Gasteiger partial charge in [0.1, 0.15) is 5.75 Å². The van der Waals surface area contributed by atoms with Gasteiger partial charge in [-0.05, 0) is 47.0 Å². The van der Waals surface area contributed by atoms with Gasteiger partial charge in [0.05, 0.1) is 28.8 Å². The SMILES string of the molecule is COCC(=C=CC[C@@H](O)c1ccc(O)cc1Cl)C[C@@H](O)c1ccc([N+](=O)[O-])cc1. The van der Waals surface area contributed by atoms with Gasteiger partial charge >= 0.3 is 0 Å². The molecule has 2 aromatic carbocycles. The van der Waals surface area contributed by atoms with E-state index in [0.29, 0.717) is 16.7 Å². The van der Waals surface area contributed by atoms with Crippen molar-refractivity contribution in [2.24, 2.45) is 0 Å². The van der Waals surface area contributed by atoms with Crippen molar-refractivity contribution in [1.82, 2.24) is 0 Å². The predicted molar refractivity (Wildman–Crippen MR) is 109 cm³/mol. The Hall–Kier alpha value is -2.67. The molecule has 29 heavy (non-hydrogen) atoms. The first kappa shape index (κ1) is 22.6. The summed E-state index contributed by atoms with van der Waals surface area (Å²) < 4.78 is 5.13. The number of rotatable bonds is 9. The van der Waals surface area contributed by atoms with Crippen LogP contribution in [0.3, 0.4) is 0 Å². The number of methoxy groups -OCH3 is 1. The molecule has 0 bridgehead atoms. The molecule has 154 valence electrons. The average molecular weight is 420 g/mol. The van der Waals surface area contributed by atoms with Gasteiger partial charge in [0, 0.05) is 32.1 Å². The fourth-order valence-corrected chi connectivity index (χ4v) is 3.03. The Labute approximate surface area is 173 Å². The van der Waals surface area contributed by atoms with Gasteiger partial charge in [0.2, 0.25) is 0 Å². The monoisotopic (exact) mass is 419 g/mol. The number of ether oxygens (including phenoxy) is 1. The second-order valence-corrected chi connectivity index (χ2v) is 6.82. The van der Waals surface area contributed by atoms with Gasteiger partial charge in [-0.15, -0.1) is 5.73 Å². The highest BCUT2D eigenvalue weighted by molar-refractivity contribution is 6.31. The summed E-state index contributed by atoms with van der Waals surface area (Å²) in [5, 5.41) is 41.1. The number of hydrogen-bond donors (Lipinski definition) is 3. The fraction of sp³-hybridized carbons (Fsp3) is 0.286. The van der Waals surface area contributed by atoms with E-state index < -0.39 is 17.1 Å². The second kappa shape index (κ2) is 10.8. The quantitative estimate of drug-likeness (QED) is 0.318. The number of aliphatic hydroxyl groups excluding tert-OH is 2. The summed E-state index contributed by atoms with van der Waals surface area (Å²) in [4.78, 5) is 10.2. The number of hydrogen-bond acceptors (Lipinski definition) is 6. The van der Waals surface area contributed by atoms with Crippen LogP contribution in [-0.2, 0) is 4.74 Å². The molecule has 2 rings (SSSR count). The van der Waals surface area contributed by atoms with Crippen molar-refractivity contribution in [3.63, 3.8) is 0 Å². The summed E-state index contributed by atoms with van der Waals surface area (Å²) in [6.07, 6.45) is 0.325. The molecule has 0 aliphatic heterocycles. The predicted octanol–water partition coefficient (Wildman–Crippen LogP) is 4.23. The molecule has 0 saturated heterocycles. The Morgan fingerprint density at radius 3 is 2.52 bits per heavy atom. The summed E-state index contributed by atoms with van der Waals surface area (Å²) in [5.41, 5.74) is 4.68. The lowest BCUT2D eigenvalue weighted by atomic mass is 10.0. The van der Waals surface area contributed by atoms with Gasteiger partial charge in [0.15, 0.2) is 0 Å². The number of nitro benzene ring substituents is 1. The highest BCUT2D eigenvalue weighted by Gasteiger charge is 2.13. The summed E-state index contributed by atoms with van der Waals surface area (Å²) in [5.74, 6) is 0.0176. The molecule has 0 radical (unpaired) electrons. The number of non-ortho nitro benzene ring substituents is 1. The first-order valence-corrected chi connectivity index (χ1v) is 9.20. The molecule has 0 heterocycles. The van der Waals surface area contributed by atoms with Crippen LogP contribution in [0.1, 0.15) is 36.2 Å². The minimum atomic E-state index is -0.877. The standard InChI is InChI=1S/C21H22ClNO6/c1-29-13-14(11-21(26)15-5-7-16(8-6-15)23(27)28)3-2-4-20(25)18-10-9-17(24)12-19(18)22/h2,5-10,12,20-21,24-26H,4,11,13H2,1H3/t3?,20-,21-/m1/s1. The van der Waals surface area contributed by atoms with Crippen LogP contribution in [0.15, 0.2) is 59.8 Å². The summed E-state index contributed by atoms with van der Waals surface area (Å²) >= 11 is 6.03. The Morgan fingerprint density at radius 2 is 1.93 bits per heavy atom. The third-order valence-corrected chi connectivity index (χ3v) is 4.56. The molecule has 0 spiro atoms. The number of nitro groups is 1. The topological polar surface area (TPSA) is 113 Å². The molecule has 0 aliphatic carbocycles. The molecule has 0 fully saturated rings. The number of benzene rings is 2. The van der Waals surface area contributed by atoms with E-state index in [0.717, 1.165) is 0 Å². The van der Waals surface area contributed by atoms with Gasteiger partial charge in [-0.1, -0.05) is 17.7 Å². The van der Waals surface area contributed by atoms with E-state index in [1.165, 1.54) is 43.5 Å². The maximum absolute atomic E-state index is 10.7. The first-order chi connectivity index (χ1) is 13.8. The van der Waals surface area contributed by atoms with Crippen LogP contribution >= 0.6 is 11.6 Å². The van der Waals surface area contributed by atoms with E-state index in [9.17, 15) is 25.4 Å². The first-order valence-electron chi connectivity index (χ1n) is 8.82. The Kier molecular flexibility index (Phi) is 8.39. The molecule has 0 unspecified atom stereocenters. The van der Waals surface area contributed by atoms with E-state index in [1.54, 1.807) is 12.1 Å². The molecule has 3 N–H and O–H groups in total. The molecule has 8 heteroatoms. The molecule has 2 aromatic rings. The van der Waals surface area contributed by atoms with Crippen molar-refractivity contribution in [1.29, 1.82) is 0 Å². The Balaban J connectivity index is 2.08. The van der Waals surface area contributed by atoms with Crippen molar-refractivity contribution < 1.29 is 25.0 Å². The van der Waals surface area contributed by atoms with Crippen molar-refractivity contribution >= 4 is 17.3 Å². The van der Waals surface area contributed by atoms with Crippen LogP contribution in [0.5, 0.6) is 5.75 Å². The van der Waals surface area contributed by atoms with Gasteiger partial charge < -0.3 is 20.1 Å². The van der Waals surface area contributed by atoms with Crippen LogP contribution in [0, 0.1) is 10.1 Å². The van der Waals surface area contributed by atoms with Crippen LogP contribution < -0.4 is 0 Å². The summed E-state index contributed by atoms with van der Waals surface area (Å²) in [6, 6.07) is 10.0. The smallest absolute Gasteiger partial charge is 0.269 e. The minimum Gasteiger partial charge on any atom is -0.508 e. The van der Waals surface area contributed by atoms with Crippen LogP contribution in [0.4, 0.5) is 5.69 Å². The number of aromatic hydroxyl groups is 1. The van der Waals surface area contributed by atoms with Gasteiger partial charge in [0.25, 0.3) is 5.69 Å². The lowest BCUT2D eigenvalue weighted by Gasteiger charge is -2.12. The number of halogens is 1. The van der Waals surface area contributed by atoms with Crippen LogP contribution in [0.2, 0.25) is 5.02 Å². The van der Waals surface area contributed by atoms with Crippen molar-refractivity contribution in [2.75, 3.05) is 13.7 Å². The normalized spacial score (nSPS) is 12.7. The lowest BCUT2D eigenvalue weighted by molar-refractivity contribution is -0.384. The third kappa shape index (κ3) is 6.71. The van der Waals surface area contributed by atoms with Gasteiger partial charge in [-0.25, -0.2) is 0 Å². The zero-order valence-corrected chi connectivity index (χ0v) is 16.5. The van der Waals surface area contributed by atoms with Crippen molar-refractivity contribution in [3.8, 4) is 5.75 Å². The fourth-order valence-electron chi connectivity index (χ4n) is 2.73. The number of phenols is 1. The molecule has 0 aliphatic rings. The Bertz CT molecular complexity index is 906. The molecule has 0 amide bonds. The largest absolute Gasteiger partial charge is 0.508 e. The van der Waals surface area contributed by atoms with E-state index in [2.05, 4.69) is 5.73 Å². The highest BCUT2D eigenvalue weighted by atomic mass is 35.5. The van der Waals surface area contributed by atoms with Crippen LogP contribution in [-0.4, -0.2) is 34.0 Å². The minimum absolute atomic E-state index is 0.0176. The third-order valence-electron chi connectivity index (χ3n) is 4.24. The maximum Gasteiger partial charge on any atom is 0.269 e. The summed E-state index contributed by atoms with van der Waals surface area (Å²) in [6.45, 7) is 0.233. The molecule has 2 atom stereocenters. The zero-order valence-electron chi connectivity index (χ0n) is 15.8. The molecular formula is C21H22ClNO6. The number of phenolic OH excluding ortho intramolecular Hbond substituents is 1. The van der Waals surface area contributed by atoms with Gasteiger partial charge in [-0.3, -0.25) is 10.1 Å². The summed E-state index contributed by atoms with van der Waals surface area (Å²) in [7, 11) is 1.52. The van der Waals surface area contributed by atoms with E-state index in [-0.39, 0.29) is 35.9 Å². The van der Waals surface area contributed by atoms with Gasteiger partial charge in [-0.2, -0.15) is 0 Å². The Morgan fingerprint density at radius 1 is 1.24 bits per heavy atom. The number of aliphatic hydroxyl groups is 2. The molecule has 7 nitrogen and oxygen atoms in total. The second-order valence-electron chi connectivity index (χ2n) is 6.41. The average Bonchev–Trinajstić information content (AvgIpc) is 2.68. The van der Waals surface area contributed by atoms with Crippen molar-refractivity contribution in [2.45, 2.75) is 25.0 Å². The molecule has 0 aromatic heterocycles. The van der Waals surface area contributed by atoms with Crippen LogP contribution in [0.25, 0.3) is 0 Å². The van der Waals surface area contributed by atoms with E-state index in [4.69, 9.17) is 16.3 Å². The highest BCUT2D eigenvalue weighted by Crippen LogP contribution is 2.29. The van der Waals surface area contributed by atoms with E-state index in [1.807, 2.05) is 0 Å². The number of nitrogens with zero attached hydrogens (tertiary/aromatic N) is 1. The maximum atomic E-state index is 10.7. The molecule has 0 saturated carbocycles. The lowest BCUT2D eigenvalue weighted by Crippen LogP contribution is -2.03. The zero-order chi connectivity index (χ0) is 21.4. The van der Waals surface area contributed by atoms with Crippen molar-refractivity contribution in [3.05, 3.63) is 86.1 Å². The van der Waals surface area contributed by atoms with E-state index >= 15 is 0 Å². The molecular weight excluding hydrogens is 398 g/mol.